The average Bonchev–Trinajstić information content (AvgIpc) is 2.46. The van der Waals surface area contributed by atoms with Crippen LogP contribution in [0, 0.1) is 0 Å². The van der Waals surface area contributed by atoms with Crippen LogP contribution in [-0.4, -0.2) is 41.1 Å². The quantitative estimate of drug-likeness (QED) is 0.814. The van der Waals surface area contributed by atoms with E-state index in [1.54, 1.807) is 4.90 Å². The van der Waals surface area contributed by atoms with E-state index >= 15 is 0 Å². The highest BCUT2D eigenvalue weighted by Crippen LogP contribution is 2.32. The predicted octanol–water partition coefficient (Wildman–Crippen LogP) is 2.99. The first-order valence-electron chi connectivity index (χ1n) is 8.13. The van der Waals surface area contributed by atoms with Gasteiger partial charge in [-0.05, 0) is 23.5 Å². The van der Waals surface area contributed by atoms with Gasteiger partial charge in [-0.2, -0.15) is 0 Å². The Labute approximate surface area is 142 Å². The van der Waals surface area contributed by atoms with Crippen LogP contribution < -0.4 is 4.74 Å². The van der Waals surface area contributed by atoms with Crippen LogP contribution in [0.15, 0.2) is 36.4 Å². The zero-order chi connectivity index (χ0) is 17.9. The summed E-state index contributed by atoms with van der Waals surface area (Å²) in [6.07, 6.45) is 0.347. The van der Waals surface area contributed by atoms with Crippen molar-refractivity contribution in [1.29, 1.82) is 0 Å². The molecular formula is C19H25NO4. The van der Waals surface area contributed by atoms with Crippen LogP contribution in [0.3, 0.4) is 0 Å². The molecule has 1 N–H and O–H groups in total. The molecule has 0 bridgehead atoms. The van der Waals surface area contributed by atoms with Gasteiger partial charge in [0.05, 0.1) is 13.1 Å². The number of hydrogen-bond donors (Lipinski definition) is 1. The molecular weight excluding hydrogens is 306 g/mol. The standard InChI is InChI=1S/C19H25NO4/c1-13(18(22)23)9-10-17(21)20-11-14(12-20)24-16-8-6-5-7-15(16)19(2,3)4/h5-8,14H,1,9-12H2,2-4H3,(H,22,23). The Balaban J connectivity index is 1.84. The number of hydrogen-bond acceptors (Lipinski definition) is 3. The molecule has 0 saturated carbocycles. The number of nitrogens with zero attached hydrogens (tertiary/aromatic N) is 1. The molecule has 130 valence electrons. The molecule has 0 unspecified atom stereocenters. The van der Waals surface area contributed by atoms with Crippen LogP contribution in [0.2, 0.25) is 0 Å². The second kappa shape index (κ2) is 7.07. The minimum absolute atomic E-state index is 0.00690. The van der Waals surface area contributed by atoms with Crippen LogP contribution in [0.25, 0.3) is 0 Å². The van der Waals surface area contributed by atoms with E-state index in [0.29, 0.717) is 13.1 Å². The van der Waals surface area contributed by atoms with E-state index in [4.69, 9.17) is 9.84 Å². The Kier molecular flexibility index (Phi) is 5.32. The summed E-state index contributed by atoms with van der Waals surface area (Å²) in [5.41, 5.74) is 1.20. The number of carbonyl (C=O) groups excluding carboxylic acids is 1. The molecule has 0 radical (unpaired) electrons. The molecule has 0 atom stereocenters. The van der Waals surface area contributed by atoms with Gasteiger partial charge >= 0.3 is 5.97 Å². The van der Waals surface area contributed by atoms with Crippen molar-refractivity contribution in [3.63, 3.8) is 0 Å². The molecule has 1 aromatic carbocycles. The number of amides is 1. The van der Waals surface area contributed by atoms with Gasteiger partial charge in [-0.1, -0.05) is 45.5 Å². The van der Waals surface area contributed by atoms with E-state index in [2.05, 4.69) is 33.4 Å². The van der Waals surface area contributed by atoms with Crippen molar-refractivity contribution < 1.29 is 19.4 Å². The number of para-hydroxylation sites is 1. The van der Waals surface area contributed by atoms with Gasteiger partial charge in [-0.3, -0.25) is 4.79 Å². The summed E-state index contributed by atoms with van der Waals surface area (Å²) >= 11 is 0. The Morgan fingerprint density at radius 2 is 1.88 bits per heavy atom. The maximum atomic E-state index is 12.0. The second-order valence-corrected chi connectivity index (χ2v) is 7.19. The van der Waals surface area contributed by atoms with Gasteiger partial charge in [0.25, 0.3) is 0 Å². The fraction of sp³-hybridized carbons (Fsp3) is 0.474. The van der Waals surface area contributed by atoms with Gasteiger partial charge in [0, 0.05) is 12.0 Å². The number of ether oxygens (including phenoxy) is 1. The molecule has 1 aliphatic heterocycles. The highest BCUT2D eigenvalue weighted by atomic mass is 16.5. The first-order chi connectivity index (χ1) is 11.2. The largest absolute Gasteiger partial charge is 0.486 e. The van der Waals surface area contributed by atoms with Gasteiger partial charge in [-0.15, -0.1) is 0 Å². The van der Waals surface area contributed by atoms with Crippen LogP contribution >= 0.6 is 0 Å². The van der Waals surface area contributed by atoms with Crippen molar-refractivity contribution in [2.24, 2.45) is 0 Å². The Hall–Kier alpha value is -2.30. The first-order valence-corrected chi connectivity index (χ1v) is 8.13. The zero-order valence-corrected chi connectivity index (χ0v) is 14.5. The average molecular weight is 331 g/mol. The molecule has 1 aromatic rings. The SMILES string of the molecule is C=C(CCC(=O)N1CC(Oc2ccccc2C(C)(C)C)C1)C(=O)O. The van der Waals surface area contributed by atoms with E-state index in [1.165, 1.54) is 0 Å². The lowest BCUT2D eigenvalue weighted by Crippen LogP contribution is -2.56. The number of carboxylic acids is 1. The Bertz CT molecular complexity index is 639. The fourth-order valence-corrected chi connectivity index (χ4v) is 2.61. The van der Waals surface area contributed by atoms with E-state index in [1.807, 2.05) is 18.2 Å². The van der Waals surface area contributed by atoms with E-state index < -0.39 is 5.97 Å². The maximum Gasteiger partial charge on any atom is 0.330 e. The summed E-state index contributed by atoms with van der Waals surface area (Å²) in [7, 11) is 0. The van der Waals surface area contributed by atoms with Gasteiger partial charge < -0.3 is 14.7 Å². The van der Waals surface area contributed by atoms with E-state index in [0.717, 1.165) is 11.3 Å². The number of benzene rings is 1. The monoisotopic (exact) mass is 331 g/mol. The smallest absolute Gasteiger partial charge is 0.330 e. The number of aliphatic carboxylic acids is 1. The predicted molar refractivity (Wildman–Crippen MR) is 92.1 cm³/mol. The van der Waals surface area contributed by atoms with Crippen molar-refractivity contribution in [1.82, 2.24) is 4.90 Å². The van der Waals surface area contributed by atoms with Crippen molar-refractivity contribution >= 4 is 11.9 Å². The normalized spacial score (nSPS) is 14.9. The van der Waals surface area contributed by atoms with E-state index in [9.17, 15) is 9.59 Å². The summed E-state index contributed by atoms with van der Waals surface area (Å²) in [4.78, 5) is 24.4. The van der Waals surface area contributed by atoms with Crippen molar-refractivity contribution in [3.8, 4) is 5.75 Å². The van der Waals surface area contributed by atoms with Crippen molar-refractivity contribution in [2.45, 2.75) is 45.1 Å². The lowest BCUT2D eigenvalue weighted by molar-refractivity contribution is -0.140. The Morgan fingerprint density at radius 3 is 2.46 bits per heavy atom. The third-order valence-electron chi connectivity index (χ3n) is 4.13. The molecule has 24 heavy (non-hydrogen) atoms. The van der Waals surface area contributed by atoms with Gasteiger partial charge in [-0.25, -0.2) is 4.79 Å². The summed E-state index contributed by atoms with van der Waals surface area (Å²) in [6.45, 7) is 10.9. The first kappa shape index (κ1) is 18.0. The minimum Gasteiger partial charge on any atom is -0.486 e. The molecule has 1 aliphatic rings. The highest BCUT2D eigenvalue weighted by Gasteiger charge is 2.33. The molecule has 0 aliphatic carbocycles. The summed E-state index contributed by atoms with van der Waals surface area (Å²) < 4.78 is 6.05. The van der Waals surface area contributed by atoms with Gasteiger partial charge in [0.1, 0.15) is 11.9 Å². The van der Waals surface area contributed by atoms with Crippen LogP contribution in [0.1, 0.15) is 39.2 Å². The maximum absolute atomic E-state index is 12.0. The number of rotatable bonds is 6. The molecule has 2 rings (SSSR count). The van der Waals surface area contributed by atoms with Gasteiger partial charge in [0.2, 0.25) is 5.91 Å². The molecule has 0 spiro atoms. The third-order valence-corrected chi connectivity index (χ3v) is 4.13. The van der Waals surface area contributed by atoms with Gasteiger partial charge in [0.15, 0.2) is 0 Å². The van der Waals surface area contributed by atoms with Crippen LogP contribution in [0.4, 0.5) is 0 Å². The zero-order valence-electron chi connectivity index (χ0n) is 14.5. The Morgan fingerprint density at radius 1 is 1.25 bits per heavy atom. The van der Waals surface area contributed by atoms with Crippen molar-refractivity contribution in [3.05, 3.63) is 42.0 Å². The minimum atomic E-state index is -1.05. The summed E-state index contributed by atoms with van der Waals surface area (Å²) in [6, 6.07) is 7.97. The van der Waals surface area contributed by atoms with Crippen molar-refractivity contribution in [2.75, 3.05) is 13.1 Å². The lowest BCUT2D eigenvalue weighted by Gasteiger charge is -2.40. The third kappa shape index (κ3) is 4.37. The topological polar surface area (TPSA) is 66.8 Å². The number of likely N-dealkylation sites (tertiary alicyclic amines) is 1. The molecule has 5 heteroatoms. The lowest BCUT2D eigenvalue weighted by atomic mass is 9.86. The summed E-state index contributed by atoms with van der Waals surface area (Å²) in [5, 5.41) is 8.76. The molecule has 0 aromatic heterocycles. The second-order valence-electron chi connectivity index (χ2n) is 7.19. The van der Waals surface area contributed by atoms with Crippen LogP contribution in [-0.2, 0) is 15.0 Å². The number of carboxylic acid groups (broad SMARTS) is 1. The molecule has 1 saturated heterocycles. The molecule has 5 nitrogen and oxygen atoms in total. The fourth-order valence-electron chi connectivity index (χ4n) is 2.61. The van der Waals surface area contributed by atoms with E-state index in [-0.39, 0.29) is 35.8 Å². The molecule has 1 heterocycles. The molecule has 1 amide bonds. The summed E-state index contributed by atoms with van der Waals surface area (Å²) in [5.74, 6) is -0.242. The highest BCUT2D eigenvalue weighted by molar-refractivity contribution is 5.87. The van der Waals surface area contributed by atoms with Crippen LogP contribution in [0.5, 0.6) is 5.75 Å². The molecule has 1 fully saturated rings. The number of carbonyl (C=O) groups is 2.